The number of likely N-dealkylation sites (N-methyl/N-ethyl adjacent to an activating group) is 1. The highest BCUT2D eigenvalue weighted by Crippen LogP contribution is 2.45. The van der Waals surface area contributed by atoms with Gasteiger partial charge in [0.2, 0.25) is 5.91 Å². The van der Waals surface area contributed by atoms with Crippen molar-refractivity contribution in [2.24, 2.45) is 5.41 Å². The van der Waals surface area contributed by atoms with E-state index in [1.54, 1.807) is 12.3 Å². The maximum Gasteiger partial charge on any atom is 0.227 e. The highest BCUT2D eigenvalue weighted by molar-refractivity contribution is 5.89. The van der Waals surface area contributed by atoms with Crippen LogP contribution in [0.25, 0.3) is 10.9 Å². The number of fused-ring (bicyclic) bond motifs is 1. The SMILES string of the molecule is CCOC1CC(N(C)C(=O)Cc2c[nH]c3cc(F)ccc23)C1(C)C. The van der Waals surface area contributed by atoms with Crippen LogP contribution < -0.4 is 0 Å². The molecule has 1 aromatic heterocycles. The van der Waals surface area contributed by atoms with Crippen LogP contribution in [0.4, 0.5) is 4.39 Å². The number of rotatable bonds is 5. The van der Waals surface area contributed by atoms with Crippen LogP contribution >= 0.6 is 0 Å². The minimum absolute atomic E-state index is 0.0379. The molecule has 2 atom stereocenters. The summed E-state index contributed by atoms with van der Waals surface area (Å²) >= 11 is 0. The molecule has 24 heavy (non-hydrogen) atoms. The molecular formula is C19H25FN2O2. The van der Waals surface area contributed by atoms with Crippen molar-refractivity contribution in [3.05, 3.63) is 35.8 Å². The number of benzene rings is 1. The highest BCUT2D eigenvalue weighted by atomic mass is 19.1. The second-order valence-corrected chi connectivity index (χ2v) is 7.20. The Labute approximate surface area is 142 Å². The van der Waals surface area contributed by atoms with E-state index in [1.807, 2.05) is 18.9 Å². The van der Waals surface area contributed by atoms with Crippen LogP contribution in [0.5, 0.6) is 0 Å². The molecule has 5 heteroatoms. The van der Waals surface area contributed by atoms with Gasteiger partial charge in [-0.25, -0.2) is 4.39 Å². The minimum atomic E-state index is -0.280. The van der Waals surface area contributed by atoms with Gasteiger partial charge in [0.25, 0.3) is 0 Å². The van der Waals surface area contributed by atoms with Gasteiger partial charge in [-0.2, -0.15) is 0 Å². The Kier molecular flexibility index (Phi) is 4.38. The highest BCUT2D eigenvalue weighted by Gasteiger charge is 2.51. The minimum Gasteiger partial charge on any atom is -0.378 e. The molecule has 1 amide bonds. The summed E-state index contributed by atoms with van der Waals surface area (Å²) < 4.78 is 19.0. The van der Waals surface area contributed by atoms with Crippen molar-refractivity contribution in [3.63, 3.8) is 0 Å². The second kappa shape index (κ2) is 6.20. The number of H-pyrrole nitrogens is 1. The summed E-state index contributed by atoms with van der Waals surface area (Å²) in [6, 6.07) is 4.79. The summed E-state index contributed by atoms with van der Waals surface area (Å²) in [7, 11) is 1.87. The summed E-state index contributed by atoms with van der Waals surface area (Å²) in [5.41, 5.74) is 1.59. The molecule has 1 aromatic carbocycles. The number of aromatic nitrogens is 1. The van der Waals surface area contributed by atoms with Gasteiger partial charge in [-0.05, 0) is 37.1 Å². The number of nitrogens with one attached hydrogen (secondary N) is 1. The van der Waals surface area contributed by atoms with Gasteiger partial charge in [0.1, 0.15) is 5.82 Å². The molecule has 4 nitrogen and oxygen atoms in total. The molecule has 0 bridgehead atoms. The number of ether oxygens (including phenoxy) is 1. The third-order valence-electron chi connectivity index (χ3n) is 5.43. The number of hydrogen-bond donors (Lipinski definition) is 1. The number of carbonyl (C=O) groups excluding carboxylic acids is 1. The molecule has 0 aliphatic heterocycles. The van der Waals surface area contributed by atoms with Gasteiger partial charge < -0.3 is 14.6 Å². The second-order valence-electron chi connectivity index (χ2n) is 7.20. The Bertz CT molecular complexity index is 753. The van der Waals surface area contributed by atoms with Crippen LogP contribution in [0, 0.1) is 11.2 Å². The molecule has 0 saturated heterocycles. The Morgan fingerprint density at radius 2 is 2.21 bits per heavy atom. The normalized spacial score (nSPS) is 22.4. The maximum atomic E-state index is 13.3. The molecule has 3 rings (SSSR count). The molecule has 1 aliphatic carbocycles. The summed E-state index contributed by atoms with van der Waals surface area (Å²) in [5, 5.41) is 0.901. The first-order chi connectivity index (χ1) is 11.3. The number of hydrogen-bond acceptors (Lipinski definition) is 2. The van der Waals surface area contributed by atoms with Crippen LogP contribution in [0.2, 0.25) is 0 Å². The van der Waals surface area contributed by atoms with Crippen LogP contribution in [0.15, 0.2) is 24.4 Å². The van der Waals surface area contributed by atoms with Crippen molar-refractivity contribution >= 4 is 16.8 Å². The van der Waals surface area contributed by atoms with E-state index in [0.717, 1.165) is 22.9 Å². The lowest BCUT2D eigenvalue weighted by atomic mass is 9.63. The van der Waals surface area contributed by atoms with Gasteiger partial charge >= 0.3 is 0 Å². The number of carbonyl (C=O) groups is 1. The summed E-state index contributed by atoms with van der Waals surface area (Å²) in [6.45, 7) is 7.00. The van der Waals surface area contributed by atoms with E-state index in [9.17, 15) is 9.18 Å². The Hall–Kier alpha value is -1.88. The smallest absolute Gasteiger partial charge is 0.227 e. The van der Waals surface area contributed by atoms with Crippen LogP contribution in [-0.4, -0.2) is 41.6 Å². The fraction of sp³-hybridized carbons (Fsp3) is 0.526. The van der Waals surface area contributed by atoms with E-state index >= 15 is 0 Å². The van der Waals surface area contributed by atoms with Crippen LogP contribution in [-0.2, 0) is 16.0 Å². The topological polar surface area (TPSA) is 45.3 Å². The lowest BCUT2D eigenvalue weighted by Gasteiger charge is -2.54. The molecule has 1 saturated carbocycles. The lowest BCUT2D eigenvalue weighted by Crippen LogP contribution is -2.62. The fourth-order valence-electron chi connectivity index (χ4n) is 3.77. The molecule has 2 aromatic rings. The van der Waals surface area contributed by atoms with Gasteiger partial charge in [-0.3, -0.25) is 4.79 Å². The van der Waals surface area contributed by atoms with Crippen molar-refractivity contribution in [3.8, 4) is 0 Å². The van der Waals surface area contributed by atoms with Gasteiger partial charge in [0.15, 0.2) is 0 Å². The summed E-state index contributed by atoms with van der Waals surface area (Å²) in [5.74, 6) is -0.203. The van der Waals surface area contributed by atoms with Gasteiger partial charge in [-0.15, -0.1) is 0 Å². The van der Waals surface area contributed by atoms with Gasteiger partial charge in [0.05, 0.1) is 12.5 Å². The van der Waals surface area contributed by atoms with E-state index in [2.05, 4.69) is 18.8 Å². The number of amides is 1. The van der Waals surface area contributed by atoms with E-state index in [0.29, 0.717) is 13.0 Å². The van der Waals surface area contributed by atoms with Gasteiger partial charge in [0, 0.05) is 42.2 Å². The van der Waals surface area contributed by atoms with Crippen LogP contribution in [0.3, 0.4) is 0 Å². The van der Waals surface area contributed by atoms with Crippen LogP contribution in [0.1, 0.15) is 32.8 Å². The molecular weight excluding hydrogens is 307 g/mol. The first-order valence-electron chi connectivity index (χ1n) is 8.47. The molecule has 1 aliphatic rings. The number of nitrogens with zero attached hydrogens (tertiary/aromatic N) is 1. The molecule has 2 unspecified atom stereocenters. The zero-order valence-corrected chi connectivity index (χ0v) is 14.7. The molecule has 0 spiro atoms. The molecule has 1 N–H and O–H groups in total. The Morgan fingerprint density at radius 3 is 2.88 bits per heavy atom. The van der Waals surface area contributed by atoms with Crippen molar-refractivity contribution in [2.75, 3.05) is 13.7 Å². The lowest BCUT2D eigenvalue weighted by molar-refractivity contribution is -0.162. The fourth-order valence-corrected chi connectivity index (χ4v) is 3.77. The average molecular weight is 332 g/mol. The Morgan fingerprint density at radius 1 is 1.46 bits per heavy atom. The number of aromatic amines is 1. The predicted molar refractivity (Wildman–Crippen MR) is 92.3 cm³/mol. The molecule has 1 fully saturated rings. The Balaban J connectivity index is 1.70. The zero-order chi connectivity index (χ0) is 17.5. The average Bonchev–Trinajstić information content (AvgIpc) is 2.92. The predicted octanol–water partition coefficient (Wildman–Crippen LogP) is 3.51. The van der Waals surface area contributed by atoms with Crippen molar-refractivity contribution < 1.29 is 13.9 Å². The molecule has 0 radical (unpaired) electrons. The van der Waals surface area contributed by atoms with E-state index in [4.69, 9.17) is 4.74 Å². The standard InChI is InChI=1S/C19H25FN2O2/c1-5-24-17-10-16(19(17,2)3)22(4)18(23)8-12-11-21-15-9-13(20)6-7-14(12)15/h6-7,9,11,16-17,21H,5,8,10H2,1-4H3. The van der Waals surface area contributed by atoms with E-state index < -0.39 is 0 Å². The first-order valence-corrected chi connectivity index (χ1v) is 8.47. The van der Waals surface area contributed by atoms with Crippen molar-refractivity contribution in [1.82, 2.24) is 9.88 Å². The number of halogens is 1. The summed E-state index contributed by atoms with van der Waals surface area (Å²) in [4.78, 5) is 17.6. The largest absolute Gasteiger partial charge is 0.378 e. The maximum absolute atomic E-state index is 13.3. The zero-order valence-electron chi connectivity index (χ0n) is 14.7. The van der Waals surface area contributed by atoms with Crippen molar-refractivity contribution in [2.45, 2.75) is 45.8 Å². The van der Waals surface area contributed by atoms with Crippen molar-refractivity contribution in [1.29, 1.82) is 0 Å². The summed E-state index contributed by atoms with van der Waals surface area (Å²) in [6.07, 6.45) is 3.19. The quantitative estimate of drug-likeness (QED) is 0.911. The third-order valence-corrected chi connectivity index (χ3v) is 5.43. The first kappa shape index (κ1) is 17.0. The van der Waals surface area contributed by atoms with E-state index in [1.165, 1.54) is 12.1 Å². The van der Waals surface area contributed by atoms with E-state index in [-0.39, 0.29) is 29.3 Å². The molecule has 130 valence electrons. The van der Waals surface area contributed by atoms with Gasteiger partial charge in [-0.1, -0.05) is 13.8 Å². The third kappa shape index (κ3) is 2.81. The monoisotopic (exact) mass is 332 g/mol. The molecule has 1 heterocycles.